The van der Waals surface area contributed by atoms with Gasteiger partial charge in [-0.3, -0.25) is 4.79 Å². The van der Waals surface area contributed by atoms with E-state index in [2.05, 4.69) is 20.0 Å². The lowest BCUT2D eigenvalue weighted by molar-refractivity contribution is -0.189. The van der Waals surface area contributed by atoms with Crippen LogP contribution in [0, 0.1) is 0 Å². The molecule has 0 radical (unpaired) electrons. The number of nitrogens with two attached hydrogens (primary N) is 1. The number of aliphatic hydroxyl groups is 4. The number of carboxylic acids is 1. The standard InChI is InChI=1S/C28H33ClF3N3O4.C18H27N3O2.C10H8ClF3O3/c1-5-35-16-23(34-26(35)27(3,4)38)19-8-6-18(7-9-19)14-21(12-13-36)33-25(37)20-10-11-24(22(29)15-20)39-17(2)28(30,31)32;1-4-21-12-16(20-17(21)18(2,3)23)14-7-5-13(6-8-14)11-15(19)9-10-22;1-5(10(12,13)14)17-8-3-2-6(9(15)16)4-7(8)11/h6-11,15-17,21,36,38H,5,12-14H2,1-4H3,(H,33,37);5-8,12,15,22-23H,4,9-11,19H2,1-3H3;2-5H,1H3,(H,15,16)/t17-,21?;;5-/m1.1/s1. The van der Waals surface area contributed by atoms with Crippen molar-refractivity contribution < 1.29 is 70.9 Å². The first-order valence-electron chi connectivity index (χ1n) is 25.1. The number of carbonyl (C=O) groups is 2. The van der Waals surface area contributed by atoms with Gasteiger partial charge in [0.15, 0.2) is 12.2 Å². The van der Waals surface area contributed by atoms with Crippen LogP contribution in [0.3, 0.4) is 0 Å². The third kappa shape index (κ3) is 19.5. The largest absolute Gasteiger partial charge is 0.480 e. The lowest BCUT2D eigenvalue weighted by Crippen LogP contribution is -2.37. The van der Waals surface area contributed by atoms with E-state index in [1.807, 2.05) is 83.9 Å². The van der Waals surface area contributed by atoms with E-state index in [1.165, 1.54) is 18.2 Å². The normalized spacial score (nSPS) is 13.5. The van der Waals surface area contributed by atoms with E-state index in [9.17, 15) is 51.3 Å². The van der Waals surface area contributed by atoms with Gasteiger partial charge in [0.25, 0.3) is 5.91 Å². The highest BCUT2D eigenvalue weighted by molar-refractivity contribution is 6.32. The predicted octanol–water partition coefficient (Wildman–Crippen LogP) is 10.9. The average molecular weight is 1150 g/mol. The van der Waals surface area contributed by atoms with Crippen LogP contribution in [0.15, 0.2) is 97.3 Å². The van der Waals surface area contributed by atoms with Crippen LogP contribution < -0.4 is 20.5 Å². The van der Waals surface area contributed by atoms with Crippen molar-refractivity contribution in [1.82, 2.24) is 24.4 Å². The van der Waals surface area contributed by atoms with E-state index >= 15 is 0 Å². The van der Waals surface area contributed by atoms with Crippen molar-refractivity contribution >= 4 is 35.1 Å². The number of hydrogen-bond acceptors (Lipinski definition) is 11. The molecule has 15 nitrogen and oxygen atoms in total. The number of benzene rings is 4. The summed E-state index contributed by atoms with van der Waals surface area (Å²) in [5.41, 5.74) is 9.47. The minimum Gasteiger partial charge on any atom is -0.480 e. The summed E-state index contributed by atoms with van der Waals surface area (Å²) in [7, 11) is 0. The summed E-state index contributed by atoms with van der Waals surface area (Å²) in [6.45, 7) is 14.0. The quantitative estimate of drug-likeness (QED) is 0.0334. The first kappa shape index (κ1) is 65.3. The number of imidazole rings is 2. The van der Waals surface area contributed by atoms with E-state index in [0.717, 1.165) is 78.7 Å². The number of aromatic nitrogens is 4. The second-order valence-corrected chi connectivity index (χ2v) is 20.4. The minimum absolute atomic E-state index is 0.0214. The molecule has 6 aromatic rings. The van der Waals surface area contributed by atoms with Crippen molar-refractivity contribution in [3.63, 3.8) is 0 Å². The maximum Gasteiger partial charge on any atom is 0.425 e. The lowest BCUT2D eigenvalue weighted by atomic mass is 10.0. The second-order valence-electron chi connectivity index (χ2n) is 19.5. The van der Waals surface area contributed by atoms with Crippen LogP contribution in [0.25, 0.3) is 22.5 Å². The lowest BCUT2D eigenvalue weighted by Gasteiger charge is -2.20. The molecule has 0 aliphatic rings. The van der Waals surface area contributed by atoms with Crippen LogP contribution in [-0.4, -0.2) is 106 Å². The Labute approximate surface area is 465 Å². The topological polar surface area (TPSA) is 227 Å². The van der Waals surface area contributed by atoms with E-state index < -0.39 is 53.7 Å². The number of aromatic carboxylic acids is 1. The Morgan fingerprint density at radius 1 is 0.646 bits per heavy atom. The van der Waals surface area contributed by atoms with Gasteiger partial charge in [0.2, 0.25) is 0 Å². The molecule has 2 aromatic heterocycles. The molecular formula is C56H68Cl2F6N6O9. The molecule has 6 rings (SSSR count). The van der Waals surface area contributed by atoms with Crippen molar-refractivity contribution in [2.75, 3.05) is 13.2 Å². The van der Waals surface area contributed by atoms with Gasteiger partial charge in [0, 0.05) is 67.5 Å². The Morgan fingerprint density at radius 3 is 1.38 bits per heavy atom. The Bertz CT molecular complexity index is 2920. The summed E-state index contributed by atoms with van der Waals surface area (Å²) in [6.07, 6.45) is -7.18. The highest BCUT2D eigenvalue weighted by Crippen LogP contribution is 2.33. The monoisotopic (exact) mass is 1150 g/mol. The summed E-state index contributed by atoms with van der Waals surface area (Å²) in [5, 5.41) is 50.3. The Balaban J connectivity index is 0.000000283. The highest BCUT2D eigenvalue weighted by Gasteiger charge is 2.39. The van der Waals surface area contributed by atoms with E-state index in [1.54, 1.807) is 27.7 Å². The molecule has 432 valence electrons. The number of nitrogens with zero attached hydrogens (tertiary/aromatic N) is 4. The van der Waals surface area contributed by atoms with Crippen molar-refractivity contribution in [2.45, 2.75) is 142 Å². The zero-order chi connectivity index (χ0) is 59.2. The molecule has 0 saturated carbocycles. The van der Waals surface area contributed by atoms with Gasteiger partial charge in [-0.1, -0.05) is 71.7 Å². The average Bonchev–Trinajstić information content (AvgIpc) is 4.06. The number of aryl methyl sites for hydroxylation is 2. The zero-order valence-corrected chi connectivity index (χ0v) is 46.5. The molecule has 23 heteroatoms. The molecule has 2 unspecified atom stereocenters. The molecule has 0 aliphatic carbocycles. The first-order valence-corrected chi connectivity index (χ1v) is 25.9. The minimum atomic E-state index is -4.55. The summed E-state index contributed by atoms with van der Waals surface area (Å²) >= 11 is 11.7. The molecule has 0 bridgehead atoms. The molecule has 1 amide bonds. The molecule has 0 saturated heterocycles. The number of halogens is 8. The third-order valence-electron chi connectivity index (χ3n) is 12.0. The van der Waals surface area contributed by atoms with Gasteiger partial charge < -0.3 is 55.2 Å². The van der Waals surface area contributed by atoms with Crippen molar-refractivity contribution in [3.05, 3.63) is 141 Å². The van der Waals surface area contributed by atoms with E-state index in [-0.39, 0.29) is 51.9 Å². The van der Waals surface area contributed by atoms with Gasteiger partial charge in [0.1, 0.15) is 34.3 Å². The molecular weight excluding hydrogens is 1090 g/mol. The molecule has 0 fully saturated rings. The molecule has 0 spiro atoms. The van der Waals surface area contributed by atoms with E-state index in [4.69, 9.17) is 43.9 Å². The maximum absolute atomic E-state index is 12.8. The van der Waals surface area contributed by atoms with Crippen LogP contribution in [0.5, 0.6) is 11.5 Å². The van der Waals surface area contributed by atoms with Crippen LogP contribution in [-0.2, 0) is 37.1 Å². The summed E-state index contributed by atoms with van der Waals surface area (Å²) in [5.74, 6) is -0.840. The maximum atomic E-state index is 12.8. The number of carboxylic acid groups (broad SMARTS) is 1. The number of nitrogens with one attached hydrogen (secondary N) is 1. The summed E-state index contributed by atoms with van der Waals surface area (Å²) < 4.78 is 88.3. The van der Waals surface area contributed by atoms with Gasteiger partial charge in [-0.05, 0) is 129 Å². The summed E-state index contributed by atoms with van der Waals surface area (Å²) in [6, 6.07) is 22.4. The van der Waals surface area contributed by atoms with Gasteiger partial charge in [0.05, 0.1) is 27.0 Å². The molecule has 0 aliphatic heterocycles. The van der Waals surface area contributed by atoms with Crippen molar-refractivity contribution in [3.8, 4) is 34.0 Å². The number of hydrogen-bond donors (Lipinski definition) is 7. The number of rotatable bonds is 21. The molecule has 2 heterocycles. The van der Waals surface area contributed by atoms with Gasteiger partial charge >= 0.3 is 18.3 Å². The number of carbonyl (C=O) groups excluding carboxylic acids is 1. The van der Waals surface area contributed by atoms with Gasteiger partial charge in [-0.15, -0.1) is 0 Å². The fraction of sp³-hybridized carbons (Fsp3) is 0.429. The van der Waals surface area contributed by atoms with Gasteiger partial charge in [-0.25, -0.2) is 14.8 Å². The Hall–Kier alpha value is -6.20. The van der Waals surface area contributed by atoms with Crippen LogP contribution in [0.1, 0.15) is 112 Å². The first-order chi connectivity index (χ1) is 36.8. The molecule has 4 aromatic carbocycles. The smallest absolute Gasteiger partial charge is 0.425 e. The van der Waals surface area contributed by atoms with Gasteiger partial charge in [-0.2, -0.15) is 26.3 Å². The second kappa shape index (κ2) is 28.3. The molecule has 4 atom stereocenters. The van der Waals surface area contributed by atoms with Crippen LogP contribution >= 0.6 is 23.2 Å². The molecule has 79 heavy (non-hydrogen) atoms. The Kier molecular flexibility index (Phi) is 23.4. The Morgan fingerprint density at radius 2 is 1.04 bits per heavy atom. The number of ether oxygens (including phenoxy) is 2. The third-order valence-corrected chi connectivity index (χ3v) is 12.6. The summed E-state index contributed by atoms with van der Waals surface area (Å²) in [4.78, 5) is 32.6. The van der Waals surface area contributed by atoms with Crippen molar-refractivity contribution in [1.29, 1.82) is 0 Å². The highest BCUT2D eigenvalue weighted by atomic mass is 35.5. The number of aliphatic hydroxyl groups excluding tert-OH is 2. The van der Waals surface area contributed by atoms with E-state index in [0.29, 0.717) is 37.5 Å². The fourth-order valence-corrected chi connectivity index (χ4v) is 8.13. The fourth-order valence-electron chi connectivity index (χ4n) is 7.68. The number of alkyl halides is 6. The molecule has 8 N–H and O–H groups in total. The zero-order valence-electron chi connectivity index (χ0n) is 45.0. The SMILES string of the molecule is CCn1cc(-c2ccc(CC(CCO)NC(=O)c3ccc(O[C@H](C)C(F)(F)F)c(Cl)c3)cc2)nc1C(C)(C)O.CCn1cc(-c2ccc(CC(N)CCO)cc2)nc1C(C)(C)O.C[C@@H](Oc1ccc(C(=O)O)cc1Cl)C(F)(F)F. The van der Waals surface area contributed by atoms with Crippen molar-refractivity contribution in [2.24, 2.45) is 5.73 Å². The number of amides is 1. The van der Waals surface area contributed by atoms with Crippen LogP contribution in [0.2, 0.25) is 10.0 Å². The van der Waals surface area contributed by atoms with Crippen LogP contribution in [0.4, 0.5) is 26.3 Å². The predicted molar refractivity (Wildman–Crippen MR) is 289 cm³/mol.